The molecule has 53 heavy (non-hydrogen) atoms. The molecule has 0 radical (unpaired) electrons. The Morgan fingerprint density at radius 3 is 1.83 bits per heavy atom. The van der Waals surface area contributed by atoms with Gasteiger partial charge in [-0.2, -0.15) is 0 Å². The molecule has 0 aromatic heterocycles. The van der Waals surface area contributed by atoms with E-state index in [1.807, 2.05) is 48.6 Å². The number of hydrogen-bond donors (Lipinski definition) is 3. The molecule has 300 valence electrons. The average Bonchev–Trinajstić information content (AvgIpc) is 3.12. The van der Waals surface area contributed by atoms with Crippen molar-refractivity contribution < 1.29 is 43.0 Å². The highest BCUT2D eigenvalue weighted by Crippen LogP contribution is 2.36. The van der Waals surface area contributed by atoms with E-state index in [1.165, 1.54) is 19.3 Å². The van der Waals surface area contributed by atoms with Gasteiger partial charge in [0, 0.05) is 12.8 Å². The maximum atomic E-state index is 12.4. The van der Waals surface area contributed by atoms with Crippen LogP contribution in [0, 0.1) is 0 Å². The van der Waals surface area contributed by atoms with Crippen molar-refractivity contribution in [2.75, 3.05) is 13.2 Å². The van der Waals surface area contributed by atoms with E-state index in [0.717, 1.165) is 64.2 Å². The van der Waals surface area contributed by atoms with E-state index in [2.05, 4.69) is 60.9 Å². The molecule has 2 atom stereocenters. The lowest BCUT2D eigenvalue weighted by Gasteiger charge is -2.18. The summed E-state index contributed by atoms with van der Waals surface area (Å²) >= 11 is 0. The first-order valence-electron chi connectivity index (χ1n) is 19.6. The zero-order chi connectivity index (χ0) is 39.1. The number of esters is 2. The smallest absolute Gasteiger partial charge is 0.462 e. The van der Waals surface area contributed by atoms with Gasteiger partial charge in [-0.25, -0.2) is 4.57 Å². The zero-order valence-corrected chi connectivity index (χ0v) is 33.4. The van der Waals surface area contributed by atoms with Crippen LogP contribution in [0.25, 0.3) is 0 Å². The van der Waals surface area contributed by atoms with Gasteiger partial charge >= 0.3 is 19.8 Å². The number of aliphatic hydroxyl groups excluding tert-OH is 1. The Morgan fingerprint density at radius 1 is 0.604 bits per heavy atom. The third-order valence-electron chi connectivity index (χ3n) is 7.68. The molecule has 10 heteroatoms. The molecule has 0 aromatic rings. The SMILES string of the molecule is CC/C=C\C/C=C\CC(O)/C=C/C=C\C/C=C\C/C=C\CCC(=O)OC[C@H](COP(=O)(O)O)OC(=O)CCCCCCC/C=C\C/C=C\CCCCC. The molecule has 0 aliphatic carbocycles. The number of hydrogen-bond acceptors (Lipinski definition) is 7. The second-order valence-corrected chi connectivity index (χ2v) is 14.0. The van der Waals surface area contributed by atoms with Gasteiger partial charge in [0.15, 0.2) is 6.10 Å². The lowest BCUT2D eigenvalue weighted by molar-refractivity contribution is -0.161. The Hall–Kier alpha value is -3.07. The first-order valence-corrected chi connectivity index (χ1v) is 21.2. The molecular weight excluding hydrogens is 691 g/mol. The molecule has 0 amide bonds. The molecule has 9 nitrogen and oxygen atoms in total. The first kappa shape index (κ1) is 49.9. The number of unbranched alkanes of at least 4 members (excludes halogenated alkanes) is 8. The van der Waals surface area contributed by atoms with Crippen molar-refractivity contribution in [3.05, 3.63) is 97.2 Å². The van der Waals surface area contributed by atoms with Crippen molar-refractivity contribution in [2.24, 2.45) is 0 Å². The third kappa shape index (κ3) is 40.0. The molecule has 0 aliphatic rings. The van der Waals surface area contributed by atoms with Gasteiger partial charge < -0.3 is 24.4 Å². The quantitative estimate of drug-likeness (QED) is 0.0192. The molecule has 0 saturated carbocycles. The average molecular weight is 761 g/mol. The molecule has 1 unspecified atom stereocenters. The number of allylic oxidation sites excluding steroid dienone is 14. The number of aliphatic hydroxyl groups is 1. The summed E-state index contributed by atoms with van der Waals surface area (Å²) in [4.78, 5) is 42.7. The van der Waals surface area contributed by atoms with Crippen LogP contribution in [-0.4, -0.2) is 52.3 Å². The number of phosphoric ester groups is 1. The molecular formula is C43H69O9P. The minimum absolute atomic E-state index is 0.110. The van der Waals surface area contributed by atoms with E-state index in [-0.39, 0.29) is 19.4 Å². The van der Waals surface area contributed by atoms with Gasteiger partial charge in [0.2, 0.25) is 0 Å². The zero-order valence-electron chi connectivity index (χ0n) is 32.5. The van der Waals surface area contributed by atoms with Crippen LogP contribution < -0.4 is 0 Å². The van der Waals surface area contributed by atoms with Gasteiger partial charge in [-0.3, -0.25) is 14.1 Å². The summed E-state index contributed by atoms with van der Waals surface area (Å²) in [6.45, 7) is 3.38. The standard InChI is InChI=1S/C43H69O9P/c1-3-5-7-9-11-12-13-14-15-16-17-22-25-29-33-37-43(46)52-41(39-51-53(47,48)49)38-50-42(45)36-32-28-24-21-19-18-20-23-27-31-35-40(44)34-30-26-10-8-6-4-2/h6,8,11-12,14-15,18-19,23-24,26-28,30-31,35,40-41,44H,3-5,7,9-10,13,16-17,20-22,25,29,32-34,36-39H2,1-2H3,(H2,47,48,49)/b8-6-,12-11-,15-14-,19-18-,27-23-,28-24-,30-26-,35-31+/t40?,41-/m1/s1. The number of phosphoric acid groups is 1. The van der Waals surface area contributed by atoms with Crippen LogP contribution in [-0.2, 0) is 28.2 Å². The maximum Gasteiger partial charge on any atom is 0.469 e. The van der Waals surface area contributed by atoms with Crippen LogP contribution in [0.2, 0.25) is 0 Å². The highest BCUT2D eigenvalue weighted by atomic mass is 31.2. The van der Waals surface area contributed by atoms with E-state index in [1.54, 1.807) is 6.08 Å². The molecule has 0 aliphatic heterocycles. The second kappa shape index (κ2) is 37.3. The lowest BCUT2D eigenvalue weighted by Crippen LogP contribution is -2.29. The minimum atomic E-state index is -4.79. The van der Waals surface area contributed by atoms with Crippen LogP contribution >= 0.6 is 7.82 Å². The van der Waals surface area contributed by atoms with Crippen LogP contribution in [0.5, 0.6) is 0 Å². The van der Waals surface area contributed by atoms with Crippen LogP contribution in [0.1, 0.15) is 136 Å². The first-order chi connectivity index (χ1) is 25.7. The minimum Gasteiger partial charge on any atom is -0.462 e. The molecule has 0 aromatic carbocycles. The molecule has 0 saturated heterocycles. The van der Waals surface area contributed by atoms with E-state index in [0.29, 0.717) is 25.7 Å². The van der Waals surface area contributed by atoms with Gasteiger partial charge in [0.25, 0.3) is 0 Å². The summed E-state index contributed by atoms with van der Waals surface area (Å²) in [6, 6.07) is 0. The lowest BCUT2D eigenvalue weighted by atomic mass is 10.1. The van der Waals surface area contributed by atoms with Gasteiger partial charge in [-0.05, 0) is 77.0 Å². The van der Waals surface area contributed by atoms with E-state index >= 15 is 0 Å². The Bertz CT molecular complexity index is 1190. The Labute approximate surface area is 320 Å². The van der Waals surface area contributed by atoms with Crippen molar-refractivity contribution in [1.82, 2.24) is 0 Å². The topological polar surface area (TPSA) is 140 Å². The number of ether oxygens (including phenoxy) is 2. The van der Waals surface area contributed by atoms with E-state index < -0.39 is 38.6 Å². The fraction of sp³-hybridized carbons (Fsp3) is 0.581. The summed E-state index contributed by atoms with van der Waals surface area (Å²) < 4.78 is 26.2. The Morgan fingerprint density at radius 2 is 1.17 bits per heavy atom. The summed E-state index contributed by atoms with van der Waals surface area (Å²) in [5, 5.41) is 9.96. The fourth-order valence-corrected chi connectivity index (χ4v) is 5.11. The van der Waals surface area contributed by atoms with E-state index in [9.17, 15) is 19.3 Å². The maximum absolute atomic E-state index is 12.4. The van der Waals surface area contributed by atoms with E-state index in [4.69, 9.17) is 19.3 Å². The molecule has 0 bridgehead atoms. The summed E-state index contributed by atoms with van der Waals surface area (Å²) in [7, 11) is -4.79. The molecule has 0 fully saturated rings. The predicted octanol–water partition coefficient (Wildman–Crippen LogP) is 10.8. The van der Waals surface area contributed by atoms with Gasteiger partial charge in [0.05, 0.1) is 12.7 Å². The molecule has 0 heterocycles. The Kier molecular flexibility index (Phi) is 35.1. The highest BCUT2D eigenvalue weighted by Gasteiger charge is 2.22. The van der Waals surface area contributed by atoms with Crippen molar-refractivity contribution in [1.29, 1.82) is 0 Å². The van der Waals surface area contributed by atoms with Crippen molar-refractivity contribution in [3.8, 4) is 0 Å². The van der Waals surface area contributed by atoms with Gasteiger partial charge in [-0.1, -0.05) is 143 Å². The van der Waals surface area contributed by atoms with Crippen LogP contribution in [0.15, 0.2) is 97.2 Å². The summed E-state index contributed by atoms with van der Waals surface area (Å²) in [6.07, 6.45) is 47.3. The fourth-order valence-electron chi connectivity index (χ4n) is 4.75. The third-order valence-corrected chi connectivity index (χ3v) is 8.17. The Balaban J connectivity index is 4.19. The van der Waals surface area contributed by atoms with Crippen LogP contribution in [0.3, 0.4) is 0 Å². The highest BCUT2D eigenvalue weighted by molar-refractivity contribution is 7.46. The molecule has 3 N–H and O–H groups in total. The molecule has 0 rings (SSSR count). The predicted molar refractivity (Wildman–Crippen MR) is 217 cm³/mol. The number of carbonyl (C=O) groups excluding carboxylic acids is 2. The number of rotatable bonds is 34. The monoisotopic (exact) mass is 760 g/mol. The van der Waals surface area contributed by atoms with Gasteiger partial charge in [-0.15, -0.1) is 0 Å². The molecule has 0 spiro atoms. The summed E-state index contributed by atoms with van der Waals surface area (Å²) in [5.74, 6) is -1.04. The van der Waals surface area contributed by atoms with Gasteiger partial charge in [0.1, 0.15) is 6.61 Å². The van der Waals surface area contributed by atoms with Crippen molar-refractivity contribution in [3.63, 3.8) is 0 Å². The summed E-state index contributed by atoms with van der Waals surface area (Å²) in [5.41, 5.74) is 0. The van der Waals surface area contributed by atoms with Crippen molar-refractivity contribution >= 4 is 19.8 Å². The van der Waals surface area contributed by atoms with Crippen LogP contribution in [0.4, 0.5) is 0 Å². The second-order valence-electron chi connectivity index (χ2n) is 12.7. The largest absolute Gasteiger partial charge is 0.469 e. The number of carbonyl (C=O) groups is 2. The van der Waals surface area contributed by atoms with Crippen molar-refractivity contribution in [2.45, 2.75) is 148 Å². The normalized spacial score (nSPS) is 14.1.